The Morgan fingerprint density at radius 2 is 1.02 bits per heavy atom. The second kappa shape index (κ2) is 9.49. The molecule has 2 heterocycles. The van der Waals surface area contributed by atoms with Gasteiger partial charge >= 0.3 is 0 Å². The lowest BCUT2D eigenvalue weighted by molar-refractivity contribution is 0.720. The van der Waals surface area contributed by atoms with Crippen LogP contribution in [0.1, 0.15) is 45.2 Å². The normalized spacial score (nSPS) is 18.0. The van der Waals surface area contributed by atoms with Gasteiger partial charge in [-0.3, -0.25) is 0 Å². The molecule has 232 valence electrons. The van der Waals surface area contributed by atoms with Gasteiger partial charge in [0.1, 0.15) is 0 Å². The quantitative estimate of drug-likeness (QED) is 0.169. The van der Waals surface area contributed by atoms with Crippen LogP contribution in [0.25, 0.3) is 60.9 Å². The zero-order valence-corrected chi connectivity index (χ0v) is 27.3. The molecule has 0 saturated carbocycles. The van der Waals surface area contributed by atoms with Crippen molar-refractivity contribution in [1.29, 1.82) is 0 Å². The summed E-state index contributed by atoms with van der Waals surface area (Å²) in [5.74, 6) is 0.693. The minimum Gasteiger partial charge on any atom is -0.309 e. The lowest BCUT2D eigenvalue weighted by atomic mass is 9.65. The largest absolute Gasteiger partial charge is 0.309 e. The number of aromatic nitrogens is 1. The first-order valence-electron chi connectivity index (χ1n) is 17.8. The van der Waals surface area contributed by atoms with E-state index in [1.54, 1.807) is 0 Å². The molecule has 50 heavy (non-hydrogen) atoms. The number of rotatable bonds is 1. The van der Waals surface area contributed by atoms with Crippen molar-refractivity contribution >= 4 is 21.8 Å². The summed E-state index contributed by atoms with van der Waals surface area (Å²) in [5.41, 5.74) is 19.6. The van der Waals surface area contributed by atoms with Crippen LogP contribution in [-0.4, -0.2) is 4.57 Å². The van der Waals surface area contributed by atoms with Gasteiger partial charge in [0.15, 0.2) is 0 Å². The van der Waals surface area contributed by atoms with E-state index >= 15 is 0 Å². The van der Waals surface area contributed by atoms with Crippen molar-refractivity contribution in [2.45, 2.75) is 17.3 Å². The fourth-order valence-electron chi connectivity index (χ4n) is 10.2. The highest BCUT2D eigenvalue weighted by molar-refractivity contribution is 6.13. The maximum absolute atomic E-state index is 2.56. The van der Waals surface area contributed by atoms with Crippen LogP contribution in [0, 0.1) is 0 Å². The summed E-state index contributed by atoms with van der Waals surface area (Å²) in [6, 6.07) is 57.6. The van der Waals surface area contributed by atoms with Crippen molar-refractivity contribution < 1.29 is 0 Å². The molecule has 1 heteroatoms. The van der Waals surface area contributed by atoms with Crippen molar-refractivity contribution in [2.75, 3.05) is 0 Å². The van der Waals surface area contributed by atoms with Gasteiger partial charge in [0.2, 0.25) is 0 Å². The molecule has 0 amide bonds. The van der Waals surface area contributed by atoms with Crippen LogP contribution >= 0.6 is 0 Å². The van der Waals surface area contributed by atoms with Gasteiger partial charge in [-0.15, -0.1) is 0 Å². The number of fused-ring (bicyclic) bond motifs is 18. The molecule has 0 radical (unpaired) electrons. The molecular weight excluding hydrogens is 603 g/mol. The summed E-state index contributed by atoms with van der Waals surface area (Å²) in [6.07, 6.45) is 9.22. The summed E-state index contributed by atoms with van der Waals surface area (Å²) in [7, 11) is 0. The van der Waals surface area contributed by atoms with Crippen LogP contribution in [0.3, 0.4) is 0 Å². The molecule has 12 rings (SSSR count). The van der Waals surface area contributed by atoms with Gasteiger partial charge in [-0.25, -0.2) is 0 Å². The third kappa shape index (κ3) is 3.15. The summed E-state index contributed by atoms with van der Waals surface area (Å²) >= 11 is 0. The summed E-state index contributed by atoms with van der Waals surface area (Å²) in [5, 5.41) is 2.61. The standard InChI is InChI=1S/C49H31N/c1-2-14-34-32(12-1)33-13-3-4-15-35(33)41-28-30(24-26-36(34)41)31-25-27-44-47(29-31)50-46-23-10-7-18-39(46)40-19-11-22-45(48(40)50)49(44)42-20-8-5-16-37(42)38-17-6-9-21-43(38)49/h1-29,33,35H. The molecular formula is C49H31N. The number of benzene rings is 7. The lowest BCUT2D eigenvalue weighted by Gasteiger charge is -2.40. The van der Waals surface area contributed by atoms with E-state index in [0.717, 1.165) is 0 Å². The minimum atomic E-state index is -0.420. The van der Waals surface area contributed by atoms with E-state index in [4.69, 9.17) is 0 Å². The predicted molar refractivity (Wildman–Crippen MR) is 206 cm³/mol. The average molecular weight is 634 g/mol. The molecule has 1 aliphatic heterocycles. The maximum atomic E-state index is 2.56. The van der Waals surface area contributed by atoms with E-state index in [-0.39, 0.29) is 0 Å². The fourth-order valence-corrected chi connectivity index (χ4v) is 10.2. The Morgan fingerprint density at radius 1 is 0.420 bits per heavy atom. The van der Waals surface area contributed by atoms with Crippen molar-refractivity contribution in [3.05, 3.63) is 209 Å². The van der Waals surface area contributed by atoms with Gasteiger partial charge in [0, 0.05) is 22.6 Å². The number of hydrogen-bond acceptors (Lipinski definition) is 0. The number of nitrogens with zero attached hydrogens (tertiary/aromatic N) is 1. The van der Waals surface area contributed by atoms with Crippen molar-refractivity contribution in [1.82, 2.24) is 4.57 Å². The molecule has 8 aromatic rings. The second-order valence-electron chi connectivity index (χ2n) is 14.3. The molecule has 0 saturated heterocycles. The van der Waals surface area contributed by atoms with Gasteiger partial charge in [-0.2, -0.15) is 0 Å². The van der Waals surface area contributed by atoms with E-state index in [0.29, 0.717) is 11.8 Å². The molecule has 2 atom stereocenters. The Bertz CT molecular complexity index is 2790. The maximum Gasteiger partial charge on any atom is 0.0754 e. The predicted octanol–water partition coefficient (Wildman–Crippen LogP) is 12.1. The van der Waals surface area contributed by atoms with Crippen LogP contribution in [0.4, 0.5) is 0 Å². The third-order valence-electron chi connectivity index (χ3n) is 12.2. The van der Waals surface area contributed by atoms with E-state index in [1.807, 2.05) is 0 Å². The monoisotopic (exact) mass is 633 g/mol. The number of allylic oxidation sites excluding steroid dienone is 4. The highest BCUT2D eigenvalue weighted by Gasteiger charge is 2.50. The van der Waals surface area contributed by atoms with Crippen molar-refractivity contribution in [3.8, 4) is 39.1 Å². The van der Waals surface area contributed by atoms with Gasteiger partial charge in [0.05, 0.1) is 22.1 Å². The molecule has 1 aromatic heterocycles. The zero-order chi connectivity index (χ0) is 32.6. The molecule has 1 spiro atoms. The third-order valence-corrected chi connectivity index (χ3v) is 12.2. The van der Waals surface area contributed by atoms with Crippen LogP contribution in [-0.2, 0) is 5.41 Å². The SMILES string of the molecule is C1=CC2c3ccccc3-c3ccc(-c4ccc5c(c4)-n4c6ccccc6c6cccc(c64)C54c5ccccc5-c5ccccc54)cc3C2C=C1. The molecule has 0 bridgehead atoms. The van der Waals surface area contributed by atoms with Crippen LogP contribution in [0.2, 0.25) is 0 Å². The Balaban J connectivity index is 1.17. The van der Waals surface area contributed by atoms with Crippen LogP contribution < -0.4 is 0 Å². The molecule has 1 nitrogen and oxygen atoms in total. The first-order chi connectivity index (χ1) is 24.8. The summed E-state index contributed by atoms with van der Waals surface area (Å²) in [4.78, 5) is 0. The van der Waals surface area contributed by atoms with Gasteiger partial charge in [-0.05, 0) is 85.0 Å². The first kappa shape index (κ1) is 26.7. The highest BCUT2D eigenvalue weighted by atomic mass is 15.0. The number of hydrogen-bond donors (Lipinski definition) is 0. The molecule has 0 N–H and O–H groups in total. The smallest absolute Gasteiger partial charge is 0.0754 e. The average Bonchev–Trinajstić information content (AvgIpc) is 3.68. The molecule has 7 aromatic carbocycles. The van der Waals surface area contributed by atoms with Crippen LogP contribution in [0.5, 0.6) is 0 Å². The van der Waals surface area contributed by atoms with E-state index in [1.165, 1.54) is 94.3 Å². The summed E-state index contributed by atoms with van der Waals surface area (Å²) < 4.78 is 2.56. The van der Waals surface area contributed by atoms with Gasteiger partial charge in [-0.1, -0.05) is 158 Å². The number of para-hydroxylation sites is 2. The molecule has 3 aliphatic carbocycles. The van der Waals surface area contributed by atoms with Crippen LogP contribution in [0.15, 0.2) is 176 Å². The van der Waals surface area contributed by atoms with Crippen molar-refractivity contribution in [3.63, 3.8) is 0 Å². The molecule has 4 aliphatic rings. The minimum absolute atomic E-state index is 0.331. The van der Waals surface area contributed by atoms with E-state index < -0.39 is 5.41 Å². The van der Waals surface area contributed by atoms with Gasteiger partial charge in [0.25, 0.3) is 0 Å². The fraction of sp³-hybridized carbons (Fsp3) is 0.0612. The topological polar surface area (TPSA) is 4.93 Å². The van der Waals surface area contributed by atoms with Crippen molar-refractivity contribution in [2.24, 2.45) is 0 Å². The Kier molecular flexibility index (Phi) is 5.08. The molecule has 2 unspecified atom stereocenters. The van der Waals surface area contributed by atoms with E-state index in [9.17, 15) is 0 Å². The highest BCUT2D eigenvalue weighted by Crippen LogP contribution is 2.61. The Labute approximate surface area is 291 Å². The Hall–Kier alpha value is -6.18. The van der Waals surface area contributed by atoms with Gasteiger partial charge < -0.3 is 4.57 Å². The lowest BCUT2D eigenvalue weighted by Crippen LogP contribution is -2.33. The molecule has 0 fully saturated rings. The van der Waals surface area contributed by atoms with E-state index in [2.05, 4.69) is 181 Å². The first-order valence-corrected chi connectivity index (χ1v) is 17.8. The zero-order valence-electron chi connectivity index (χ0n) is 27.3. The Morgan fingerprint density at radius 3 is 1.84 bits per heavy atom. The summed E-state index contributed by atoms with van der Waals surface area (Å²) in [6.45, 7) is 0. The second-order valence-corrected chi connectivity index (χ2v) is 14.3.